The van der Waals surface area contributed by atoms with Gasteiger partial charge >= 0.3 is 0 Å². The van der Waals surface area contributed by atoms with Crippen LogP contribution in [0.5, 0.6) is 0 Å². The summed E-state index contributed by atoms with van der Waals surface area (Å²) in [5.41, 5.74) is 8.18. The number of amides is 2. The molecule has 2 N–H and O–H groups in total. The Morgan fingerprint density at radius 3 is 2.88 bits per heavy atom. The van der Waals surface area contributed by atoms with E-state index in [1.54, 1.807) is 16.8 Å². The van der Waals surface area contributed by atoms with Gasteiger partial charge in [0.1, 0.15) is 6.04 Å². The van der Waals surface area contributed by atoms with Crippen LogP contribution >= 0.6 is 11.3 Å². The molecule has 134 valence electrons. The third-order valence-electron chi connectivity index (χ3n) is 4.75. The zero-order chi connectivity index (χ0) is 18.1. The second-order valence-corrected chi connectivity index (χ2v) is 7.67. The number of carbonyl (C=O) groups is 2. The monoisotopic (exact) mass is 360 g/mol. The minimum absolute atomic E-state index is 0.0351. The highest BCUT2D eigenvalue weighted by atomic mass is 32.1. The molecule has 1 aromatic heterocycles. The van der Waals surface area contributed by atoms with Gasteiger partial charge < -0.3 is 15.5 Å². The number of anilines is 1. The van der Waals surface area contributed by atoms with E-state index in [-0.39, 0.29) is 17.9 Å². The van der Waals surface area contributed by atoms with Gasteiger partial charge in [0, 0.05) is 25.7 Å². The number of hydrogen-bond donors (Lipinski definition) is 1. The van der Waals surface area contributed by atoms with Crippen molar-refractivity contribution in [1.82, 2.24) is 14.8 Å². The number of carbonyl (C=O) groups excluding carboxylic acids is 2. The van der Waals surface area contributed by atoms with Crippen molar-refractivity contribution in [3.63, 3.8) is 0 Å². The van der Waals surface area contributed by atoms with E-state index in [4.69, 9.17) is 5.73 Å². The van der Waals surface area contributed by atoms with Crippen LogP contribution in [0.1, 0.15) is 42.1 Å². The number of unbranched alkanes of at least 4 members (excludes halogenated alkanes) is 1. The maximum Gasteiger partial charge on any atom is 0.254 e. The second kappa shape index (κ2) is 7.00. The summed E-state index contributed by atoms with van der Waals surface area (Å²) in [7, 11) is 1.80. The van der Waals surface area contributed by atoms with E-state index in [2.05, 4.69) is 11.9 Å². The summed E-state index contributed by atoms with van der Waals surface area (Å²) in [4.78, 5) is 33.5. The van der Waals surface area contributed by atoms with Crippen LogP contribution in [0.25, 0.3) is 10.2 Å². The third-order valence-corrected chi connectivity index (χ3v) is 5.59. The lowest BCUT2D eigenvalue weighted by Gasteiger charge is -2.39. The number of aromatic nitrogens is 1. The molecule has 0 bridgehead atoms. The second-order valence-electron chi connectivity index (χ2n) is 6.61. The first-order valence-electron chi connectivity index (χ1n) is 8.65. The molecule has 1 aliphatic heterocycles. The minimum Gasteiger partial charge on any atom is -0.375 e. The molecule has 0 spiro atoms. The van der Waals surface area contributed by atoms with Crippen LogP contribution in [0.3, 0.4) is 0 Å². The number of nitrogens with zero attached hydrogens (tertiary/aromatic N) is 3. The predicted octanol–water partition coefficient (Wildman–Crippen LogP) is 2.66. The average Bonchev–Trinajstić information content (AvgIpc) is 2.96. The zero-order valence-corrected chi connectivity index (χ0v) is 15.7. The Morgan fingerprint density at radius 2 is 2.16 bits per heavy atom. The predicted molar refractivity (Wildman–Crippen MR) is 101 cm³/mol. The number of thiazole rings is 1. The Hall–Kier alpha value is -2.15. The summed E-state index contributed by atoms with van der Waals surface area (Å²) in [6, 6.07) is 3.33. The fourth-order valence-corrected chi connectivity index (χ4v) is 4.19. The lowest BCUT2D eigenvalue weighted by molar-refractivity contribution is -0.138. The Morgan fingerprint density at radius 1 is 1.40 bits per heavy atom. The van der Waals surface area contributed by atoms with Gasteiger partial charge in [-0.05, 0) is 31.0 Å². The van der Waals surface area contributed by atoms with Crippen molar-refractivity contribution in [3.05, 3.63) is 23.3 Å². The fraction of sp³-hybridized carbons (Fsp3) is 0.500. The number of fused-ring (bicyclic) bond motifs is 1. The van der Waals surface area contributed by atoms with Crippen LogP contribution in [0, 0.1) is 6.92 Å². The number of piperazine rings is 1. The number of nitrogens with two attached hydrogens (primary N) is 1. The van der Waals surface area contributed by atoms with Crippen molar-refractivity contribution in [3.8, 4) is 0 Å². The number of rotatable bonds is 4. The van der Waals surface area contributed by atoms with Gasteiger partial charge in [-0.25, -0.2) is 4.98 Å². The van der Waals surface area contributed by atoms with Crippen LogP contribution in [0.2, 0.25) is 0 Å². The van der Waals surface area contributed by atoms with Crippen LogP contribution in [-0.4, -0.2) is 52.8 Å². The Balaban J connectivity index is 1.93. The Labute approximate surface area is 151 Å². The highest BCUT2D eigenvalue weighted by Gasteiger charge is 2.35. The summed E-state index contributed by atoms with van der Waals surface area (Å²) in [6.45, 7) is 5.16. The number of hydrogen-bond acceptors (Lipinski definition) is 5. The van der Waals surface area contributed by atoms with E-state index in [0.717, 1.165) is 28.6 Å². The van der Waals surface area contributed by atoms with Crippen molar-refractivity contribution in [2.24, 2.45) is 0 Å². The maximum atomic E-state index is 13.1. The van der Waals surface area contributed by atoms with Crippen LogP contribution in [0.4, 0.5) is 5.13 Å². The van der Waals surface area contributed by atoms with Crippen molar-refractivity contribution in [2.45, 2.75) is 39.2 Å². The summed E-state index contributed by atoms with van der Waals surface area (Å²) < 4.78 is 0.909. The lowest BCUT2D eigenvalue weighted by Crippen LogP contribution is -2.57. The lowest BCUT2D eigenvalue weighted by atomic mass is 10.0. The standard InChI is InChI=1S/C18H24N4O2S/c1-4-5-6-13-17(24)21(3)7-8-22(13)16(23)12-9-11(2)15-14(10-12)25-18(19)20-15/h9-10,13H,4-8H2,1-3H3,(H2,19,20)/t13-/m0/s1. The summed E-state index contributed by atoms with van der Waals surface area (Å²) in [5, 5.41) is 0.498. The molecule has 1 saturated heterocycles. The molecule has 25 heavy (non-hydrogen) atoms. The van der Waals surface area contributed by atoms with Gasteiger partial charge in [-0.3, -0.25) is 9.59 Å². The van der Waals surface area contributed by atoms with Crippen molar-refractivity contribution in [1.29, 1.82) is 0 Å². The molecule has 2 aromatic rings. The molecule has 1 atom stereocenters. The van der Waals surface area contributed by atoms with Gasteiger partial charge in [-0.1, -0.05) is 31.1 Å². The maximum absolute atomic E-state index is 13.1. The van der Waals surface area contributed by atoms with E-state index < -0.39 is 0 Å². The van der Waals surface area contributed by atoms with Crippen LogP contribution in [-0.2, 0) is 4.79 Å². The molecule has 1 fully saturated rings. The van der Waals surface area contributed by atoms with E-state index in [9.17, 15) is 9.59 Å². The van der Waals surface area contributed by atoms with Crippen molar-refractivity contribution in [2.75, 3.05) is 25.9 Å². The molecule has 7 heteroatoms. The molecule has 2 heterocycles. The van der Waals surface area contributed by atoms with Gasteiger partial charge in [-0.15, -0.1) is 0 Å². The molecule has 1 aromatic carbocycles. The minimum atomic E-state index is -0.367. The molecule has 3 rings (SSSR count). The number of aryl methyl sites for hydroxylation is 1. The number of benzene rings is 1. The first-order valence-corrected chi connectivity index (χ1v) is 9.46. The van der Waals surface area contributed by atoms with Crippen molar-refractivity contribution >= 4 is 38.5 Å². The first-order chi connectivity index (χ1) is 11.9. The van der Waals surface area contributed by atoms with Gasteiger partial charge in [0.2, 0.25) is 5.91 Å². The van der Waals surface area contributed by atoms with E-state index in [1.807, 2.05) is 19.1 Å². The van der Waals surface area contributed by atoms with E-state index in [1.165, 1.54) is 11.3 Å². The van der Waals surface area contributed by atoms with E-state index in [0.29, 0.717) is 30.2 Å². The molecule has 1 aliphatic rings. The quantitative estimate of drug-likeness (QED) is 0.909. The van der Waals surface area contributed by atoms with Crippen LogP contribution < -0.4 is 5.73 Å². The van der Waals surface area contributed by atoms with Crippen LogP contribution in [0.15, 0.2) is 12.1 Å². The summed E-state index contributed by atoms with van der Waals surface area (Å²) in [5.74, 6) is -0.0487. The van der Waals surface area contributed by atoms with Gasteiger partial charge in [0.15, 0.2) is 5.13 Å². The molecule has 0 radical (unpaired) electrons. The number of nitrogen functional groups attached to an aromatic ring is 1. The normalized spacial score (nSPS) is 18.2. The molecular weight excluding hydrogens is 336 g/mol. The fourth-order valence-electron chi connectivity index (χ4n) is 3.33. The number of likely N-dealkylation sites (N-methyl/N-ethyl adjacent to an activating group) is 1. The Kier molecular flexibility index (Phi) is 4.94. The first kappa shape index (κ1) is 17.7. The molecule has 6 nitrogen and oxygen atoms in total. The highest BCUT2D eigenvalue weighted by molar-refractivity contribution is 7.22. The average molecular weight is 360 g/mol. The smallest absolute Gasteiger partial charge is 0.254 e. The van der Waals surface area contributed by atoms with Gasteiger partial charge in [-0.2, -0.15) is 0 Å². The molecule has 2 amide bonds. The molecular formula is C18H24N4O2S. The molecule has 0 unspecified atom stereocenters. The third kappa shape index (κ3) is 3.33. The SMILES string of the molecule is CCCC[C@H]1C(=O)N(C)CCN1C(=O)c1cc(C)c2nc(N)sc2c1. The molecule has 0 aliphatic carbocycles. The van der Waals surface area contributed by atoms with Gasteiger partial charge in [0.25, 0.3) is 5.91 Å². The van der Waals surface area contributed by atoms with Crippen molar-refractivity contribution < 1.29 is 9.59 Å². The molecule has 0 saturated carbocycles. The highest BCUT2D eigenvalue weighted by Crippen LogP contribution is 2.29. The summed E-state index contributed by atoms with van der Waals surface area (Å²) in [6.07, 6.45) is 2.64. The van der Waals surface area contributed by atoms with Gasteiger partial charge in [0.05, 0.1) is 10.2 Å². The van der Waals surface area contributed by atoms with E-state index >= 15 is 0 Å². The topological polar surface area (TPSA) is 79.5 Å². The zero-order valence-electron chi connectivity index (χ0n) is 14.9. The Bertz CT molecular complexity index is 817. The summed E-state index contributed by atoms with van der Waals surface area (Å²) >= 11 is 1.38. The largest absolute Gasteiger partial charge is 0.375 e.